The number of hydrogen-bond acceptors (Lipinski definition) is 2. The van der Waals surface area contributed by atoms with E-state index in [4.69, 9.17) is 21.4 Å². The molecule has 0 aliphatic carbocycles. The molecule has 0 fully saturated rings. The van der Waals surface area contributed by atoms with Gasteiger partial charge in [-0.15, -0.1) is 0 Å². The number of alkyl halides is 3. The van der Waals surface area contributed by atoms with Gasteiger partial charge >= 0.3 is 12.1 Å². The van der Waals surface area contributed by atoms with Crippen molar-refractivity contribution in [1.29, 1.82) is 0 Å². The molecule has 18 heavy (non-hydrogen) atoms. The van der Waals surface area contributed by atoms with E-state index in [0.29, 0.717) is 6.07 Å². The predicted octanol–water partition coefficient (Wildman–Crippen LogP) is 3.60. The summed E-state index contributed by atoms with van der Waals surface area (Å²) in [5, 5.41) is 8.29. The minimum atomic E-state index is -4.61. The molecule has 1 aromatic rings. The van der Waals surface area contributed by atoms with Crippen LogP contribution in [0.1, 0.15) is 18.9 Å². The molecule has 0 saturated carbocycles. The van der Waals surface area contributed by atoms with Crippen LogP contribution in [-0.4, -0.2) is 17.2 Å². The maximum Gasteiger partial charge on any atom is 0.417 e. The molecular formula is C11H10ClF3O3. The molecule has 1 N–H and O–H groups in total. The highest BCUT2D eigenvalue weighted by molar-refractivity contribution is 6.31. The number of hydrogen-bond donors (Lipinski definition) is 1. The third-order valence-corrected chi connectivity index (χ3v) is 2.50. The lowest BCUT2D eigenvalue weighted by Gasteiger charge is -2.15. The van der Waals surface area contributed by atoms with E-state index in [0.717, 1.165) is 6.07 Å². The molecule has 1 atom stereocenters. The highest BCUT2D eigenvalue weighted by Crippen LogP contribution is 2.36. The van der Waals surface area contributed by atoms with Crippen molar-refractivity contribution in [3.8, 4) is 5.75 Å². The van der Waals surface area contributed by atoms with Crippen LogP contribution in [-0.2, 0) is 11.0 Å². The first kappa shape index (κ1) is 14.6. The summed E-state index contributed by atoms with van der Waals surface area (Å²) in [7, 11) is 0. The van der Waals surface area contributed by atoms with Gasteiger partial charge in [-0.1, -0.05) is 18.5 Å². The van der Waals surface area contributed by atoms with Crippen LogP contribution in [0.3, 0.4) is 0 Å². The number of carboxylic acids is 1. The lowest BCUT2D eigenvalue weighted by molar-refractivity contribution is -0.145. The van der Waals surface area contributed by atoms with Crippen molar-refractivity contribution >= 4 is 17.6 Å². The van der Waals surface area contributed by atoms with Crippen molar-refractivity contribution in [2.75, 3.05) is 0 Å². The van der Waals surface area contributed by atoms with Crippen molar-refractivity contribution < 1.29 is 27.8 Å². The highest BCUT2D eigenvalue weighted by atomic mass is 35.5. The highest BCUT2D eigenvalue weighted by Gasteiger charge is 2.33. The van der Waals surface area contributed by atoms with Gasteiger partial charge in [0.25, 0.3) is 0 Å². The Kier molecular flexibility index (Phi) is 4.45. The third-order valence-electron chi connectivity index (χ3n) is 2.17. The van der Waals surface area contributed by atoms with Crippen LogP contribution >= 0.6 is 11.6 Å². The van der Waals surface area contributed by atoms with E-state index < -0.39 is 28.8 Å². The number of carboxylic acid groups (broad SMARTS) is 1. The smallest absolute Gasteiger partial charge is 0.417 e. The fourth-order valence-corrected chi connectivity index (χ4v) is 1.49. The Morgan fingerprint density at radius 3 is 2.56 bits per heavy atom. The predicted molar refractivity (Wildman–Crippen MR) is 58.8 cm³/mol. The van der Waals surface area contributed by atoms with Gasteiger partial charge in [0.2, 0.25) is 0 Å². The standard InChI is InChI=1S/C11H10ClF3O3/c1-2-9(10(16)17)18-6-3-4-8(12)7(5-6)11(13,14)15/h3-5,9H,2H2,1H3,(H,16,17). The summed E-state index contributed by atoms with van der Waals surface area (Å²) in [5.74, 6) is -1.41. The van der Waals surface area contributed by atoms with Gasteiger partial charge in [0.1, 0.15) is 5.75 Å². The molecule has 1 rings (SSSR count). The Hall–Kier alpha value is -1.43. The Morgan fingerprint density at radius 2 is 2.11 bits per heavy atom. The summed E-state index contributed by atoms with van der Waals surface area (Å²) in [6, 6.07) is 2.91. The van der Waals surface area contributed by atoms with Crippen LogP contribution in [0.25, 0.3) is 0 Å². The lowest BCUT2D eigenvalue weighted by atomic mass is 10.2. The second-order valence-corrected chi connectivity index (χ2v) is 3.90. The second kappa shape index (κ2) is 5.48. The van der Waals surface area contributed by atoms with Gasteiger partial charge in [0.15, 0.2) is 6.10 Å². The van der Waals surface area contributed by atoms with Gasteiger partial charge in [0.05, 0.1) is 10.6 Å². The Bertz CT molecular complexity index is 446. The van der Waals surface area contributed by atoms with E-state index in [1.165, 1.54) is 6.07 Å². The van der Waals surface area contributed by atoms with E-state index in [9.17, 15) is 18.0 Å². The molecule has 0 heterocycles. The summed E-state index contributed by atoms with van der Waals surface area (Å²) in [4.78, 5) is 10.7. The molecule has 0 spiro atoms. The molecule has 1 aromatic carbocycles. The first-order valence-corrected chi connectivity index (χ1v) is 5.39. The monoisotopic (exact) mass is 282 g/mol. The van der Waals surface area contributed by atoms with Crippen LogP contribution in [0.4, 0.5) is 13.2 Å². The zero-order valence-electron chi connectivity index (χ0n) is 9.29. The first-order valence-electron chi connectivity index (χ1n) is 5.02. The van der Waals surface area contributed by atoms with Gasteiger partial charge in [-0.2, -0.15) is 13.2 Å². The van der Waals surface area contributed by atoms with E-state index in [2.05, 4.69) is 0 Å². The van der Waals surface area contributed by atoms with E-state index in [1.807, 2.05) is 0 Å². The van der Waals surface area contributed by atoms with E-state index in [1.54, 1.807) is 6.92 Å². The fraction of sp³-hybridized carbons (Fsp3) is 0.364. The molecule has 100 valence electrons. The summed E-state index contributed by atoms with van der Waals surface area (Å²) >= 11 is 5.42. The topological polar surface area (TPSA) is 46.5 Å². The van der Waals surface area contributed by atoms with E-state index >= 15 is 0 Å². The quantitative estimate of drug-likeness (QED) is 0.918. The zero-order chi connectivity index (χ0) is 13.9. The number of halogens is 4. The summed E-state index contributed by atoms with van der Waals surface area (Å²) in [6.07, 6.45) is -5.66. The van der Waals surface area contributed by atoms with Crippen molar-refractivity contribution in [3.63, 3.8) is 0 Å². The molecule has 1 unspecified atom stereocenters. The van der Waals surface area contributed by atoms with Gasteiger partial charge in [-0.25, -0.2) is 4.79 Å². The Labute approximate surface area is 106 Å². The summed E-state index contributed by atoms with van der Waals surface area (Å²) < 4.78 is 42.6. The Balaban J connectivity index is 3.02. The van der Waals surface area contributed by atoms with Crippen molar-refractivity contribution in [2.24, 2.45) is 0 Å². The summed E-state index contributed by atoms with van der Waals surface area (Å²) in [6.45, 7) is 1.55. The third kappa shape index (κ3) is 3.53. The van der Waals surface area contributed by atoms with Gasteiger partial charge in [0, 0.05) is 0 Å². The maximum absolute atomic E-state index is 12.6. The largest absolute Gasteiger partial charge is 0.479 e. The van der Waals surface area contributed by atoms with Gasteiger partial charge < -0.3 is 9.84 Å². The van der Waals surface area contributed by atoms with Gasteiger partial charge in [-0.3, -0.25) is 0 Å². The average Bonchev–Trinajstić information content (AvgIpc) is 2.25. The van der Waals surface area contributed by atoms with Crippen LogP contribution in [0, 0.1) is 0 Å². The normalized spacial score (nSPS) is 13.2. The second-order valence-electron chi connectivity index (χ2n) is 3.49. The number of rotatable bonds is 4. The number of carbonyl (C=O) groups is 1. The van der Waals surface area contributed by atoms with E-state index in [-0.39, 0.29) is 12.2 Å². The molecule has 0 amide bonds. The SMILES string of the molecule is CCC(Oc1ccc(Cl)c(C(F)(F)F)c1)C(=O)O. The zero-order valence-corrected chi connectivity index (χ0v) is 10.0. The van der Waals surface area contributed by atoms with Crippen molar-refractivity contribution in [2.45, 2.75) is 25.6 Å². The molecule has 0 aliphatic heterocycles. The first-order chi connectivity index (χ1) is 8.25. The Morgan fingerprint density at radius 1 is 1.50 bits per heavy atom. The van der Waals surface area contributed by atoms with Crippen molar-refractivity contribution in [1.82, 2.24) is 0 Å². The van der Waals surface area contributed by atoms with Gasteiger partial charge in [-0.05, 0) is 24.6 Å². The van der Waals surface area contributed by atoms with Crippen LogP contribution in [0.5, 0.6) is 5.75 Å². The minimum absolute atomic E-state index is 0.138. The molecule has 0 bridgehead atoms. The molecule has 7 heteroatoms. The number of benzene rings is 1. The van der Waals surface area contributed by atoms with Crippen LogP contribution < -0.4 is 4.74 Å². The number of ether oxygens (including phenoxy) is 1. The molecule has 0 aliphatic rings. The lowest BCUT2D eigenvalue weighted by Crippen LogP contribution is -2.26. The molecule has 3 nitrogen and oxygen atoms in total. The van der Waals surface area contributed by atoms with Crippen molar-refractivity contribution in [3.05, 3.63) is 28.8 Å². The average molecular weight is 283 g/mol. The molecule has 0 aromatic heterocycles. The van der Waals surface area contributed by atoms with Crippen LogP contribution in [0.2, 0.25) is 5.02 Å². The van der Waals surface area contributed by atoms with Crippen LogP contribution in [0.15, 0.2) is 18.2 Å². The summed E-state index contributed by atoms with van der Waals surface area (Å²) in [5.41, 5.74) is -1.05. The molecule has 0 saturated heterocycles. The maximum atomic E-state index is 12.6. The minimum Gasteiger partial charge on any atom is -0.479 e. The fourth-order valence-electron chi connectivity index (χ4n) is 1.27. The molecule has 0 radical (unpaired) electrons. The molecular weight excluding hydrogens is 273 g/mol. The number of aliphatic carboxylic acids is 1.